The quantitative estimate of drug-likeness (QED) is 0.585. The zero-order valence-electron chi connectivity index (χ0n) is 12.1. The summed E-state index contributed by atoms with van der Waals surface area (Å²) in [5.41, 5.74) is 2.04. The fourth-order valence-electron chi connectivity index (χ4n) is 2.73. The number of benzene rings is 2. The number of aromatic nitrogens is 2. The normalized spacial score (nSPS) is 11.0. The minimum Gasteiger partial charge on any atom is -0.495 e. The van der Waals surface area contributed by atoms with Crippen LogP contribution >= 0.6 is 0 Å². The van der Waals surface area contributed by atoms with Crippen molar-refractivity contribution >= 4 is 33.2 Å². The predicted octanol–water partition coefficient (Wildman–Crippen LogP) is 4.47. The number of ether oxygens (including phenoxy) is 1. The van der Waals surface area contributed by atoms with Crippen molar-refractivity contribution in [3.63, 3.8) is 0 Å². The topological polar surface area (TPSA) is 49.9 Å². The molecule has 0 bridgehead atoms. The van der Waals surface area contributed by atoms with Crippen molar-refractivity contribution < 1.29 is 4.74 Å². The number of anilines is 2. The first-order valence-corrected chi connectivity index (χ1v) is 7.10. The molecule has 2 N–H and O–H groups in total. The van der Waals surface area contributed by atoms with E-state index < -0.39 is 0 Å². The Morgan fingerprint density at radius 1 is 1.05 bits per heavy atom. The number of pyridine rings is 1. The van der Waals surface area contributed by atoms with Gasteiger partial charge < -0.3 is 15.0 Å². The van der Waals surface area contributed by atoms with E-state index in [0.717, 1.165) is 33.5 Å². The molecule has 0 aliphatic rings. The number of nitrogens with one attached hydrogen (secondary N) is 2. The molecular formula is C18H15N3O. The molecule has 0 spiro atoms. The number of H-pyrrole nitrogens is 1. The Kier molecular flexibility index (Phi) is 2.93. The van der Waals surface area contributed by atoms with E-state index in [-0.39, 0.29) is 0 Å². The van der Waals surface area contributed by atoms with Gasteiger partial charge in [0.1, 0.15) is 11.6 Å². The largest absolute Gasteiger partial charge is 0.495 e. The molecule has 108 valence electrons. The first-order chi connectivity index (χ1) is 10.8. The van der Waals surface area contributed by atoms with Gasteiger partial charge in [-0.15, -0.1) is 0 Å². The molecule has 2 heterocycles. The Labute approximate surface area is 127 Å². The average molecular weight is 289 g/mol. The smallest absolute Gasteiger partial charge is 0.142 e. The van der Waals surface area contributed by atoms with E-state index in [4.69, 9.17) is 4.74 Å². The van der Waals surface area contributed by atoms with Gasteiger partial charge in [0.15, 0.2) is 0 Å². The molecule has 4 aromatic rings. The van der Waals surface area contributed by atoms with Gasteiger partial charge in [0.2, 0.25) is 0 Å². The summed E-state index contributed by atoms with van der Waals surface area (Å²) in [6.45, 7) is 0. The monoisotopic (exact) mass is 289 g/mol. The van der Waals surface area contributed by atoms with Crippen molar-refractivity contribution in [2.45, 2.75) is 0 Å². The Morgan fingerprint density at radius 2 is 1.91 bits per heavy atom. The van der Waals surface area contributed by atoms with E-state index in [1.54, 1.807) is 7.11 Å². The van der Waals surface area contributed by atoms with Crippen LogP contribution in [0.4, 0.5) is 11.5 Å². The number of aromatic amines is 1. The van der Waals surface area contributed by atoms with Crippen LogP contribution in [0, 0.1) is 0 Å². The lowest BCUT2D eigenvalue weighted by Crippen LogP contribution is -1.94. The maximum Gasteiger partial charge on any atom is 0.142 e. The Hall–Kier alpha value is -3.01. The molecule has 2 aromatic heterocycles. The molecule has 0 saturated carbocycles. The van der Waals surface area contributed by atoms with Gasteiger partial charge in [-0.1, -0.05) is 24.3 Å². The first kappa shape index (κ1) is 12.7. The molecule has 0 fully saturated rings. The van der Waals surface area contributed by atoms with Crippen LogP contribution < -0.4 is 10.1 Å². The SMILES string of the molecule is COc1ccccc1Nc1cc2ccc3cnccc3c2[nH]1. The average Bonchev–Trinajstić information content (AvgIpc) is 2.98. The fourth-order valence-corrected chi connectivity index (χ4v) is 2.73. The highest BCUT2D eigenvalue weighted by atomic mass is 16.5. The van der Waals surface area contributed by atoms with Gasteiger partial charge in [-0.05, 0) is 24.3 Å². The van der Waals surface area contributed by atoms with Crippen LogP contribution in [0.3, 0.4) is 0 Å². The number of hydrogen-bond donors (Lipinski definition) is 2. The van der Waals surface area contributed by atoms with E-state index in [1.165, 1.54) is 5.39 Å². The molecule has 0 radical (unpaired) electrons. The van der Waals surface area contributed by atoms with Gasteiger partial charge in [0.25, 0.3) is 0 Å². The van der Waals surface area contributed by atoms with Crippen LogP contribution in [0.2, 0.25) is 0 Å². The van der Waals surface area contributed by atoms with Gasteiger partial charge >= 0.3 is 0 Å². The summed E-state index contributed by atoms with van der Waals surface area (Å²) < 4.78 is 5.38. The number of methoxy groups -OCH3 is 1. The number of para-hydroxylation sites is 2. The van der Waals surface area contributed by atoms with Gasteiger partial charge in [-0.2, -0.15) is 0 Å². The molecule has 0 amide bonds. The van der Waals surface area contributed by atoms with Crippen LogP contribution in [-0.2, 0) is 0 Å². The lowest BCUT2D eigenvalue weighted by atomic mass is 10.1. The van der Waals surface area contributed by atoms with Crippen LogP contribution in [0.25, 0.3) is 21.7 Å². The van der Waals surface area contributed by atoms with Crippen molar-refractivity contribution in [1.29, 1.82) is 0 Å². The number of rotatable bonds is 3. The summed E-state index contributed by atoms with van der Waals surface area (Å²) in [6.07, 6.45) is 3.69. The second-order valence-corrected chi connectivity index (χ2v) is 5.13. The van der Waals surface area contributed by atoms with Crippen molar-refractivity contribution in [3.05, 3.63) is 60.9 Å². The standard InChI is InChI=1S/C18H15N3O/c1-22-16-5-3-2-4-15(16)20-17-10-12-6-7-13-11-19-9-8-14(13)18(12)21-17/h2-11,20-21H,1H3. The maximum atomic E-state index is 5.38. The van der Waals surface area contributed by atoms with Gasteiger partial charge in [-0.3, -0.25) is 4.98 Å². The van der Waals surface area contributed by atoms with Crippen molar-refractivity contribution in [2.75, 3.05) is 12.4 Å². The highest BCUT2D eigenvalue weighted by Gasteiger charge is 2.07. The van der Waals surface area contributed by atoms with Crippen molar-refractivity contribution in [2.24, 2.45) is 0 Å². The second-order valence-electron chi connectivity index (χ2n) is 5.13. The lowest BCUT2D eigenvalue weighted by Gasteiger charge is -2.08. The third-order valence-electron chi connectivity index (χ3n) is 3.79. The highest BCUT2D eigenvalue weighted by molar-refractivity contribution is 6.06. The van der Waals surface area contributed by atoms with E-state index >= 15 is 0 Å². The maximum absolute atomic E-state index is 5.38. The summed E-state index contributed by atoms with van der Waals surface area (Å²) in [4.78, 5) is 7.61. The highest BCUT2D eigenvalue weighted by Crippen LogP contribution is 2.31. The molecule has 4 heteroatoms. The summed E-state index contributed by atoms with van der Waals surface area (Å²) in [5, 5.41) is 6.84. The minimum absolute atomic E-state index is 0.815. The second kappa shape index (κ2) is 5.07. The molecule has 2 aromatic carbocycles. The zero-order chi connectivity index (χ0) is 14.9. The molecule has 22 heavy (non-hydrogen) atoms. The fraction of sp³-hybridized carbons (Fsp3) is 0.0556. The van der Waals surface area contributed by atoms with Gasteiger partial charge in [-0.25, -0.2) is 0 Å². The Bertz CT molecular complexity index is 959. The molecule has 4 nitrogen and oxygen atoms in total. The van der Waals surface area contributed by atoms with Crippen LogP contribution in [0.5, 0.6) is 5.75 Å². The number of nitrogens with zero attached hydrogens (tertiary/aromatic N) is 1. The molecule has 0 unspecified atom stereocenters. The van der Waals surface area contributed by atoms with Crippen molar-refractivity contribution in [3.8, 4) is 5.75 Å². The molecule has 4 rings (SSSR count). The van der Waals surface area contributed by atoms with Gasteiger partial charge in [0.05, 0.1) is 18.3 Å². The minimum atomic E-state index is 0.815. The van der Waals surface area contributed by atoms with Gasteiger partial charge in [0, 0.05) is 28.6 Å². The summed E-state index contributed by atoms with van der Waals surface area (Å²) in [5.74, 6) is 1.75. The van der Waals surface area contributed by atoms with Crippen LogP contribution in [0.15, 0.2) is 60.9 Å². The van der Waals surface area contributed by atoms with E-state index in [1.807, 2.05) is 42.7 Å². The molecule has 0 aliphatic carbocycles. The molecule has 0 atom stereocenters. The Balaban J connectivity index is 1.81. The summed E-state index contributed by atoms with van der Waals surface area (Å²) in [6, 6.07) is 16.2. The lowest BCUT2D eigenvalue weighted by molar-refractivity contribution is 0.417. The van der Waals surface area contributed by atoms with E-state index in [0.29, 0.717) is 0 Å². The molecule has 0 aliphatic heterocycles. The zero-order valence-corrected chi connectivity index (χ0v) is 12.1. The third-order valence-corrected chi connectivity index (χ3v) is 3.79. The van der Waals surface area contributed by atoms with E-state index in [2.05, 4.69) is 33.5 Å². The first-order valence-electron chi connectivity index (χ1n) is 7.10. The van der Waals surface area contributed by atoms with Crippen molar-refractivity contribution in [1.82, 2.24) is 9.97 Å². The summed E-state index contributed by atoms with van der Waals surface area (Å²) in [7, 11) is 1.67. The van der Waals surface area contributed by atoms with E-state index in [9.17, 15) is 0 Å². The Morgan fingerprint density at radius 3 is 2.82 bits per heavy atom. The van der Waals surface area contributed by atoms with Crippen LogP contribution in [0.1, 0.15) is 0 Å². The number of hydrogen-bond acceptors (Lipinski definition) is 3. The van der Waals surface area contributed by atoms with Crippen LogP contribution in [-0.4, -0.2) is 17.1 Å². The summed E-state index contributed by atoms with van der Waals surface area (Å²) >= 11 is 0. The molecule has 0 saturated heterocycles. The molecular weight excluding hydrogens is 274 g/mol. The third kappa shape index (κ3) is 2.05. The number of fused-ring (bicyclic) bond motifs is 3. The predicted molar refractivity (Wildman–Crippen MR) is 89.9 cm³/mol.